The van der Waals surface area contributed by atoms with Gasteiger partial charge in [0.2, 0.25) is 0 Å². The van der Waals surface area contributed by atoms with E-state index in [0.29, 0.717) is 0 Å². The van der Waals surface area contributed by atoms with E-state index in [0.717, 1.165) is 107 Å². The predicted molar refractivity (Wildman–Crippen MR) is 253 cm³/mol. The number of rotatable bonds is 12. The first kappa shape index (κ1) is 47.6. The molecule has 0 aliphatic carbocycles. The molecule has 2 aromatic carbocycles. The van der Waals surface area contributed by atoms with Gasteiger partial charge >= 0.3 is 143 Å². The van der Waals surface area contributed by atoms with Crippen molar-refractivity contribution in [3.05, 3.63) is 129 Å². The molecule has 3 aromatic heterocycles. The average molecular weight is 972 g/mol. The van der Waals surface area contributed by atoms with E-state index in [4.69, 9.17) is 19.9 Å². The molecule has 0 N–H and O–H groups in total. The van der Waals surface area contributed by atoms with Crippen molar-refractivity contribution in [1.82, 2.24) is 19.9 Å². The van der Waals surface area contributed by atoms with Gasteiger partial charge in [0, 0.05) is 0 Å². The molecule has 334 valence electrons. The quantitative estimate of drug-likeness (QED) is 0.112. The van der Waals surface area contributed by atoms with Crippen LogP contribution in [0.2, 0.25) is 0 Å². The van der Waals surface area contributed by atoms with E-state index in [1.54, 1.807) is 24.3 Å². The van der Waals surface area contributed by atoms with Crippen LogP contribution >= 0.6 is 0 Å². The number of aromatic nitrogens is 4. The van der Waals surface area contributed by atoms with Crippen LogP contribution in [-0.2, 0) is 62.5 Å². The van der Waals surface area contributed by atoms with E-state index in [9.17, 15) is 16.8 Å². The Labute approximate surface area is 381 Å². The summed E-state index contributed by atoms with van der Waals surface area (Å²) in [5, 5.41) is 0. The molecule has 0 amide bonds. The summed E-state index contributed by atoms with van der Waals surface area (Å²) in [4.78, 5) is 21.1. The van der Waals surface area contributed by atoms with Gasteiger partial charge in [-0.05, 0) is 73.7 Å². The maximum atomic E-state index is 12.0. The SMILES string of the molecule is CCC1=C(CC)c2cc3[n-]c(cc4nc(cc5[n-]c(cc1n2)c(CC)c5CC)C(CC)=C4CC)c(CC)c3CC.Cc1ccc(S(=O)(=O)[N]=[Ru]=[N]S(=O)(=O)c2ccc(C)cc2)cc1. The van der Waals surface area contributed by atoms with E-state index in [1.807, 2.05) is 13.8 Å². The molecule has 5 heterocycles. The Morgan fingerprint density at radius 2 is 0.683 bits per heavy atom. The van der Waals surface area contributed by atoms with Crippen LogP contribution in [0.3, 0.4) is 0 Å². The van der Waals surface area contributed by atoms with Crippen molar-refractivity contribution in [3.63, 3.8) is 0 Å². The number of benzene rings is 2. The molecule has 10 nitrogen and oxygen atoms in total. The Morgan fingerprint density at radius 1 is 0.429 bits per heavy atom. The summed E-state index contributed by atoms with van der Waals surface area (Å²) in [7, 11) is -7.76. The van der Waals surface area contributed by atoms with Gasteiger partial charge in [0.1, 0.15) is 0 Å². The Balaban J connectivity index is 0.000000244. The fourth-order valence-electron chi connectivity index (χ4n) is 8.51. The van der Waals surface area contributed by atoms with E-state index in [-0.39, 0.29) is 9.79 Å². The molecular formula is C50H58N6O4RuS2-2. The van der Waals surface area contributed by atoms with Gasteiger partial charge in [0.15, 0.2) is 0 Å². The summed E-state index contributed by atoms with van der Waals surface area (Å²) in [6, 6.07) is 21.3. The molecule has 2 aliphatic rings. The molecule has 63 heavy (non-hydrogen) atoms. The molecule has 0 unspecified atom stereocenters. The Kier molecular flexibility index (Phi) is 15.4. The second-order valence-corrected chi connectivity index (χ2v) is 20.9. The molecule has 8 bridgehead atoms. The van der Waals surface area contributed by atoms with Crippen LogP contribution in [0.1, 0.15) is 137 Å². The van der Waals surface area contributed by atoms with E-state index < -0.39 is 36.8 Å². The monoisotopic (exact) mass is 972 g/mol. The van der Waals surface area contributed by atoms with Crippen molar-refractivity contribution < 1.29 is 33.6 Å². The fraction of sp³-hybridized carbons (Fsp3) is 0.360. The minimum atomic E-state index is -3.88. The third kappa shape index (κ3) is 10.1. The summed E-state index contributed by atoms with van der Waals surface area (Å²) in [6.07, 6.45) is 7.60. The molecular weight excluding hydrogens is 914 g/mol. The van der Waals surface area contributed by atoms with Crippen LogP contribution in [0.5, 0.6) is 0 Å². The zero-order valence-corrected chi connectivity index (χ0v) is 41.4. The van der Waals surface area contributed by atoms with Crippen molar-refractivity contribution in [2.45, 2.75) is 130 Å². The minimum absolute atomic E-state index is 0.0281. The number of sulfonamides is 2. The number of nitrogens with zero attached hydrogens (tertiary/aromatic N) is 6. The van der Waals surface area contributed by atoms with Crippen LogP contribution in [-0.4, -0.2) is 26.8 Å². The number of allylic oxidation sites excluding steroid dienone is 4. The summed E-state index contributed by atoms with van der Waals surface area (Å²) < 4.78 is 55.0. The van der Waals surface area contributed by atoms with E-state index in [2.05, 4.69) is 85.8 Å². The van der Waals surface area contributed by atoms with Crippen LogP contribution in [0.25, 0.3) is 44.4 Å². The molecule has 5 aromatic rings. The first-order chi connectivity index (χ1) is 30.2. The van der Waals surface area contributed by atoms with Gasteiger partial charge in [-0.2, -0.15) is 0 Å². The normalized spacial score (nSPS) is 13.0. The molecule has 2 aliphatic heterocycles. The zero-order chi connectivity index (χ0) is 45.6. The average Bonchev–Trinajstić information content (AvgIpc) is 3.99. The van der Waals surface area contributed by atoms with Crippen LogP contribution in [0.15, 0.2) is 88.8 Å². The molecule has 7 rings (SSSR count). The van der Waals surface area contributed by atoms with Gasteiger partial charge in [0.05, 0.1) is 22.8 Å². The molecule has 0 radical (unpaired) electrons. The van der Waals surface area contributed by atoms with Crippen LogP contribution in [0.4, 0.5) is 0 Å². The van der Waals surface area contributed by atoms with Crippen molar-refractivity contribution in [2.75, 3.05) is 0 Å². The summed E-state index contributed by atoms with van der Waals surface area (Å²) in [6.45, 7) is 21.6. The molecule has 0 saturated carbocycles. The van der Waals surface area contributed by atoms with Crippen LogP contribution < -0.4 is 9.97 Å². The molecule has 13 heteroatoms. The fourth-order valence-corrected chi connectivity index (χ4v) is 12.6. The number of aryl methyl sites for hydroxylation is 6. The third-order valence-electron chi connectivity index (χ3n) is 11.7. The molecule has 0 saturated heterocycles. The summed E-state index contributed by atoms with van der Waals surface area (Å²) >= 11 is -1.55. The van der Waals surface area contributed by atoms with Gasteiger partial charge in [-0.15, -0.1) is 22.1 Å². The molecule has 0 spiro atoms. The van der Waals surface area contributed by atoms with Crippen molar-refractivity contribution in [3.8, 4) is 0 Å². The predicted octanol–water partition coefficient (Wildman–Crippen LogP) is 12.1. The first-order valence-corrected chi connectivity index (χ1v) is 26.4. The van der Waals surface area contributed by atoms with E-state index in [1.165, 1.54) is 68.8 Å². The maximum absolute atomic E-state index is 12.0. The van der Waals surface area contributed by atoms with Gasteiger partial charge in [-0.3, -0.25) is 0 Å². The summed E-state index contributed by atoms with van der Waals surface area (Å²) in [5.74, 6) is 0. The van der Waals surface area contributed by atoms with E-state index >= 15 is 0 Å². The Hall–Kier alpha value is -4.84. The standard InChI is InChI=1S/C36H44N4.2C7H7NO2S.Ru/c1-9-21-22(10-2)30-18-32-25(13-5)26(14-6)34(39-32)20-36-28(16-8)27(15-7)35(40-36)19-33-24(12-4)23(11-3)31(38-33)17-29(21)37-30;2*1-6-2-4-7(5-3-6)11(8,9)10;/h17-20H,9-16H2,1-8H3;2*2-5H,1H3;/q-2;;;. The number of hydrogen-bond donors (Lipinski definition) is 0. The second kappa shape index (κ2) is 20.3. The van der Waals surface area contributed by atoms with Crippen molar-refractivity contribution >= 4 is 64.4 Å². The van der Waals surface area contributed by atoms with Gasteiger partial charge in [-0.1, -0.05) is 102 Å². The number of hydrogen-bond acceptors (Lipinski definition) is 6. The van der Waals surface area contributed by atoms with Gasteiger partial charge in [-0.25, -0.2) is 9.97 Å². The first-order valence-electron chi connectivity index (χ1n) is 22.0. The zero-order valence-electron chi connectivity index (χ0n) is 38.1. The topological polar surface area (TPSA) is 147 Å². The van der Waals surface area contributed by atoms with Crippen molar-refractivity contribution in [1.29, 1.82) is 0 Å². The van der Waals surface area contributed by atoms with Gasteiger partial charge in [0.25, 0.3) is 0 Å². The summed E-state index contributed by atoms with van der Waals surface area (Å²) in [5.41, 5.74) is 21.0. The van der Waals surface area contributed by atoms with Gasteiger partial charge < -0.3 is 9.97 Å². The number of fused-ring (bicyclic) bond motifs is 8. The van der Waals surface area contributed by atoms with Crippen LogP contribution in [0, 0.1) is 13.8 Å². The Bertz CT molecular complexity index is 2740. The molecule has 0 atom stereocenters. The Morgan fingerprint density at radius 3 is 0.905 bits per heavy atom. The molecule has 0 fully saturated rings. The second-order valence-electron chi connectivity index (χ2n) is 15.5. The van der Waals surface area contributed by atoms with Crippen molar-refractivity contribution in [2.24, 2.45) is 6.18 Å². The third-order valence-corrected chi connectivity index (χ3v) is 17.2.